The molecule has 34 heavy (non-hydrogen) atoms. The van der Waals surface area contributed by atoms with E-state index in [1.165, 1.54) is 25.7 Å². The maximum atomic E-state index is 11.8. The van der Waals surface area contributed by atoms with Gasteiger partial charge < -0.3 is 25.4 Å². The standard InChI is InChI=1S/C28H49NO5/c1-5-19-23-16-18(31)8-11-28(23,4)22-9-12-27(3)20(6-7-21(27)24(22)25(19)32)17(2)10-15-34-26(33)29-13-14-30/h17-25,30-32H,5-16H2,1-4H3,(H,29,33)/t17-,18-,19-,20-,21+,22+,23?,24?,25-,27?,28-/m1/s1. The summed E-state index contributed by atoms with van der Waals surface area (Å²) in [4.78, 5) is 11.7. The molecular formula is C28H49NO5. The van der Waals surface area contributed by atoms with Crippen molar-refractivity contribution in [3.63, 3.8) is 0 Å². The minimum Gasteiger partial charge on any atom is -0.450 e. The Labute approximate surface area is 206 Å². The van der Waals surface area contributed by atoms with Gasteiger partial charge in [0.05, 0.1) is 25.4 Å². The van der Waals surface area contributed by atoms with Crippen LogP contribution in [0.5, 0.6) is 0 Å². The highest BCUT2D eigenvalue weighted by molar-refractivity contribution is 5.66. The predicted octanol–water partition coefficient (Wildman–Crippen LogP) is 4.36. The normalized spacial score (nSPS) is 46.7. The summed E-state index contributed by atoms with van der Waals surface area (Å²) in [7, 11) is 0. The maximum Gasteiger partial charge on any atom is 0.407 e. The molecule has 4 rings (SSSR count). The van der Waals surface area contributed by atoms with Crippen molar-refractivity contribution in [1.82, 2.24) is 5.32 Å². The van der Waals surface area contributed by atoms with E-state index in [4.69, 9.17) is 9.84 Å². The summed E-state index contributed by atoms with van der Waals surface area (Å²) in [6.45, 7) is 10.1. The Bertz CT molecular complexity index is 717. The van der Waals surface area contributed by atoms with E-state index in [0.717, 1.165) is 32.1 Å². The summed E-state index contributed by atoms with van der Waals surface area (Å²) >= 11 is 0. The van der Waals surface area contributed by atoms with E-state index in [2.05, 4.69) is 33.0 Å². The third-order valence-electron chi connectivity index (χ3n) is 11.3. The first-order valence-corrected chi connectivity index (χ1v) is 14.0. The van der Waals surface area contributed by atoms with Crippen LogP contribution >= 0.6 is 0 Å². The maximum absolute atomic E-state index is 11.8. The second kappa shape index (κ2) is 10.3. The van der Waals surface area contributed by atoms with Crippen LogP contribution in [0.3, 0.4) is 0 Å². The lowest BCUT2D eigenvalue weighted by molar-refractivity contribution is -0.203. The summed E-state index contributed by atoms with van der Waals surface area (Å²) in [6, 6.07) is 0. The van der Waals surface area contributed by atoms with Gasteiger partial charge >= 0.3 is 6.09 Å². The first-order valence-electron chi connectivity index (χ1n) is 14.0. The number of rotatable bonds is 7. The highest BCUT2D eigenvalue weighted by Gasteiger charge is 2.64. The van der Waals surface area contributed by atoms with E-state index in [9.17, 15) is 15.0 Å². The second-order valence-electron chi connectivity index (χ2n) is 12.7. The average Bonchev–Trinajstić information content (AvgIpc) is 3.16. The van der Waals surface area contributed by atoms with Gasteiger partial charge in [-0.2, -0.15) is 0 Å². The van der Waals surface area contributed by atoms with Crippen LogP contribution in [0, 0.1) is 52.3 Å². The summed E-state index contributed by atoms with van der Waals surface area (Å²) in [5, 5.41) is 33.6. The van der Waals surface area contributed by atoms with Gasteiger partial charge in [0.1, 0.15) is 0 Å². The molecule has 0 saturated heterocycles. The van der Waals surface area contributed by atoms with E-state index in [1.54, 1.807) is 0 Å². The Hall–Kier alpha value is -0.850. The highest BCUT2D eigenvalue weighted by atomic mass is 16.5. The van der Waals surface area contributed by atoms with Crippen molar-refractivity contribution in [1.29, 1.82) is 0 Å². The Morgan fingerprint density at radius 3 is 2.47 bits per heavy atom. The van der Waals surface area contributed by atoms with E-state index in [-0.39, 0.29) is 36.2 Å². The topological polar surface area (TPSA) is 99.0 Å². The molecular weight excluding hydrogens is 430 g/mol. The molecule has 0 aromatic rings. The zero-order valence-corrected chi connectivity index (χ0v) is 21.8. The molecule has 4 aliphatic rings. The number of carbonyl (C=O) groups excluding carboxylic acids is 1. The number of carbonyl (C=O) groups is 1. The molecule has 0 aromatic heterocycles. The van der Waals surface area contributed by atoms with Gasteiger partial charge in [0, 0.05) is 6.54 Å². The van der Waals surface area contributed by atoms with Crippen molar-refractivity contribution in [3.05, 3.63) is 0 Å². The SMILES string of the molecule is CC[C@@H]1C2C[C@H](O)CC[C@]2(C)[C@H]2CCC3(C)[C@@H]([C@H](C)CCOC(=O)NCCO)CC[C@H]3C2[C@@H]1O. The van der Waals surface area contributed by atoms with Gasteiger partial charge in [0.2, 0.25) is 0 Å². The molecule has 0 aromatic carbocycles. The fraction of sp³-hybridized carbons (Fsp3) is 0.964. The largest absolute Gasteiger partial charge is 0.450 e. The molecule has 0 bridgehead atoms. The van der Waals surface area contributed by atoms with Crippen LogP contribution in [0.15, 0.2) is 0 Å². The molecule has 11 atom stereocenters. The van der Waals surface area contributed by atoms with Crippen LogP contribution in [0.2, 0.25) is 0 Å². The Balaban J connectivity index is 1.47. The number of hydrogen-bond acceptors (Lipinski definition) is 5. The lowest BCUT2D eigenvalue weighted by atomic mass is 9.41. The molecule has 4 aliphatic carbocycles. The highest BCUT2D eigenvalue weighted by Crippen LogP contribution is 2.69. The van der Waals surface area contributed by atoms with Crippen LogP contribution in [-0.4, -0.2) is 53.4 Å². The zero-order chi connectivity index (χ0) is 24.7. The third-order valence-corrected chi connectivity index (χ3v) is 11.3. The monoisotopic (exact) mass is 479 g/mol. The minimum absolute atomic E-state index is 0.0827. The third kappa shape index (κ3) is 4.41. The molecule has 0 spiro atoms. The lowest BCUT2D eigenvalue weighted by Crippen LogP contribution is -2.62. The molecule has 6 heteroatoms. The summed E-state index contributed by atoms with van der Waals surface area (Å²) in [5.74, 6) is 3.28. The molecule has 3 unspecified atom stereocenters. The van der Waals surface area contributed by atoms with Gasteiger partial charge in [-0.15, -0.1) is 0 Å². The minimum atomic E-state index is -0.450. The number of nitrogens with one attached hydrogen (secondary N) is 1. The number of ether oxygens (including phenoxy) is 1. The van der Waals surface area contributed by atoms with Gasteiger partial charge in [0.15, 0.2) is 0 Å². The van der Waals surface area contributed by atoms with Crippen molar-refractivity contribution in [2.75, 3.05) is 19.8 Å². The summed E-state index contributed by atoms with van der Waals surface area (Å²) in [6.07, 6.45) is 8.63. The summed E-state index contributed by atoms with van der Waals surface area (Å²) < 4.78 is 5.33. The van der Waals surface area contributed by atoms with Crippen LogP contribution in [-0.2, 0) is 4.74 Å². The number of aliphatic hydroxyl groups is 3. The Kier molecular flexibility index (Phi) is 7.91. The summed E-state index contributed by atoms with van der Waals surface area (Å²) in [5.41, 5.74) is 0.473. The zero-order valence-electron chi connectivity index (χ0n) is 21.8. The number of fused-ring (bicyclic) bond motifs is 5. The molecule has 196 valence electrons. The molecule has 4 N–H and O–H groups in total. The van der Waals surface area contributed by atoms with E-state index in [0.29, 0.717) is 48.0 Å². The molecule has 0 heterocycles. The van der Waals surface area contributed by atoms with Crippen molar-refractivity contribution in [2.45, 2.75) is 97.7 Å². The lowest BCUT2D eigenvalue weighted by Gasteiger charge is -2.64. The van der Waals surface area contributed by atoms with Gasteiger partial charge in [-0.05, 0) is 104 Å². The number of hydrogen-bond donors (Lipinski definition) is 4. The van der Waals surface area contributed by atoms with E-state index in [1.807, 2.05) is 0 Å². The predicted molar refractivity (Wildman–Crippen MR) is 132 cm³/mol. The molecule has 6 nitrogen and oxygen atoms in total. The fourth-order valence-electron chi connectivity index (χ4n) is 9.68. The van der Waals surface area contributed by atoms with Crippen molar-refractivity contribution >= 4 is 6.09 Å². The molecule has 4 fully saturated rings. The average molecular weight is 480 g/mol. The number of amides is 1. The molecule has 0 aliphatic heterocycles. The van der Waals surface area contributed by atoms with Gasteiger partial charge in [-0.3, -0.25) is 0 Å². The van der Waals surface area contributed by atoms with Gasteiger partial charge in [-0.1, -0.05) is 34.1 Å². The van der Waals surface area contributed by atoms with Crippen LogP contribution in [0.1, 0.15) is 85.5 Å². The van der Waals surface area contributed by atoms with Crippen LogP contribution in [0.25, 0.3) is 0 Å². The van der Waals surface area contributed by atoms with Gasteiger partial charge in [-0.25, -0.2) is 4.79 Å². The fourth-order valence-corrected chi connectivity index (χ4v) is 9.68. The molecule has 4 saturated carbocycles. The molecule has 1 amide bonds. The Morgan fingerprint density at radius 1 is 1.06 bits per heavy atom. The molecule has 0 radical (unpaired) electrons. The number of aliphatic hydroxyl groups excluding tert-OH is 3. The first-order chi connectivity index (χ1) is 16.2. The Morgan fingerprint density at radius 2 is 1.76 bits per heavy atom. The second-order valence-corrected chi connectivity index (χ2v) is 12.7. The van der Waals surface area contributed by atoms with Gasteiger partial charge in [0.25, 0.3) is 0 Å². The van der Waals surface area contributed by atoms with Crippen molar-refractivity contribution < 1.29 is 24.9 Å². The van der Waals surface area contributed by atoms with Crippen molar-refractivity contribution in [2.24, 2.45) is 52.3 Å². The van der Waals surface area contributed by atoms with E-state index >= 15 is 0 Å². The smallest absolute Gasteiger partial charge is 0.407 e. The van der Waals surface area contributed by atoms with Crippen LogP contribution in [0.4, 0.5) is 4.79 Å². The number of alkyl carbamates (subject to hydrolysis) is 1. The van der Waals surface area contributed by atoms with E-state index < -0.39 is 6.09 Å². The van der Waals surface area contributed by atoms with Crippen molar-refractivity contribution in [3.8, 4) is 0 Å². The van der Waals surface area contributed by atoms with Crippen LogP contribution < -0.4 is 5.32 Å². The quantitative estimate of drug-likeness (QED) is 0.435. The first kappa shape index (κ1) is 26.2.